The van der Waals surface area contributed by atoms with Crippen molar-refractivity contribution in [1.82, 2.24) is 57.8 Å². The molecule has 29 heteroatoms. The molecule has 0 saturated heterocycles. The molecule has 0 bridgehead atoms. The second-order valence-electron chi connectivity index (χ2n) is 19.6. The van der Waals surface area contributed by atoms with E-state index in [0.29, 0.717) is 29.7 Å². The van der Waals surface area contributed by atoms with E-state index in [-0.39, 0.29) is 62.5 Å². The minimum absolute atomic E-state index is 0.0488. The van der Waals surface area contributed by atoms with Crippen LogP contribution in [-0.2, 0) is 72.0 Å². The van der Waals surface area contributed by atoms with E-state index in [2.05, 4.69) is 57.8 Å². The number of aliphatic hydroxyl groups excluding tert-OH is 1. The standard InChI is InChI=1S/C53H77N13O15S/c1-29(2)20-37(59-43(69)25-55)49(76)61-35(12-8-9-18-54)46(73)66-42(27-67)52(79)63-39(21-31-10-6-5-7-11-31)50(77)62-38(22-32-13-15-34(68)16-14-32)48(75)58-30(3)45(72)60-36(17-19-82-4)47(74)64-40(24-44(70)71)51(78)65-41(53(80)81)23-33-26-56-28-57-33/h5-7,10-11,13-16,26,28-30,35-42,67-68H,8-9,12,17-25,27,54-55H2,1-4H3,(H,56,57)(H,58,75)(H,59,69)(H,60,72)(H,61,76)(H,62,77)(H,63,79)(H,64,74)(H,65,78)(H,66,73)(H,70,71)(H,80,81)/t30-,35-,36-,37-,38-,39-,40-,41-,42-/m0/s1. The Bertz CT molecular complexity index is 2600. The predicted molar refractivity (Wildman–Crippen MR) is 299 cm³/mol. The summed E-state index contributed by atoms with van der Waals surface area (Å²) in [7, 11) is 0. The van der Waals surface area contributed by atoms with Crippen molar-refractivity contribution < 1.29 is 73.2 Å². The molecular weight excluding hydrogens is 1090 g/mol. The molecule has 0 unspecified atom stereocenters. The number of nitrogens with zero attached hydrogens (tertiary/aromatic N) is 1. The van der Waals surface area contributed by atoms with Crippen molar-refractivity contribution in [3.05, 3.63) is 83.9 Å². The van der Waals surface area contributed by atoms with E-state index in [9.17, 15) is 73.2 Å². The fourth-order valence-corrected chi connectivity index (χ4v) is 8.53. The van der Waals surface area contributed by atoms with Gasteiger partial charge in [0, 0.05) is 31.2 Å². The number of H-pyrrole nitrogens is 1. The smallest absolute Gasteiger partial charge is 0.326 e. The van der Waals surface area contributed by atoms with Crippen LogP contribution in [0.5, 0.6) is 5.75 Å². The van der Waals surface area contributed by atoms with Crippen molar-refractivity contribution in [2.45, 2.75) is 133 Å². The first kappa shape index (κ1) is 68.1. The van der Waals surface area contributed by atoms with Crippen LogP contribution < -0.4 is 59.3 Å². The van der Waals surface area contributed by atoms with Gasteiger partial charge < -0.3 is 84.7 Å². The predicted octanol–water partition coefficient (Wildman–Crippen LogP) is -3.04. The highest BCUT2D eigenvalue weighted by Gasteiger charge is 2.35. The average Bonchev–Trinajstić information content (AvgIpc) is 4.01. The maximum absolute atomic E-state index is 14.5. The van der Waals surface area contributed by atoms with Gasteiger partial charge in [-0.15, -0.1) is 0 Å². The Morgan fingerprint density at radius 2 is 1.07 bits per heavy atom. The van der Waals surface area contributed by atoms with Gasteiger partial charge >= 0.3 is 11.9 Å². The highest BCUT2D eigenvalue weighted by Crippen LogP contribution is 2.14. The SMILES string of the molecule is CSCC[C@H](NC(=O)[C@H](C)NC(=O)[C@H](Cc1ccc(O)cc1)NC(=O)[C@H](Cc1ccccc1)NC(=O)[C@H](CO)NC(=O)[C@H](CCCCN)NC(=O)[C@H](CC(C)C)NC(=O)CN)C(=O)N[C@@H](CC(=O)O)C(=O)N[C@@H](Cc1cnc[nH]1)C(=O)O. The molecular formula is C53H77N13O15S. The lowest BCUT2D eigenvalue weighted by atomic mass is 10.0. The van der Waals surface area contributed by atoms with Gasteiger partial charge in [0.15, 0.2) is 0 Å². The number of phenols is 1. The second kappa shape index (κ2) is 35.6. The van der Waals surface area contributed by atoms with E-state index in [1.54, 1.807) is 36.6 Å². The molecule has 28 nitrogen and oxygen atoms in total. The van der Waals surface area contributed by atoms with E-state index >= 15 is 0 Å². The molecule has 3 rings (SSSR count). The third-order valence-electron chi connectivity index (χ3n) is 12.5. The number of hydrogen-bond donors (Lipinski definition) is 16. The topological polar surface area (TPSA) is 458 Å². The van der Waals surface area contributed by atoms with Gasteiger partial charge in [-0.2, -0.15) is 11.8 Å². The number of aromatic amines is 1. The molecule has 450 valence electrons. The number of carbonyl (C=O) groups is 11. The first-order valence-corrected chi connectivity index (χ1v) is 27.8. The third-order valence-corrected chi connectivity index (χ3v) is 13.1. The van der Waals surface area contributed by atoms with Crippen LogP contribution in [0.4, 0.5) is 0 Å². The number of aliphatic carboxylic acids is 2. The molecule has 0 spiro atoms. The van der Waals surface area contributed by atoms with E-state index in [0.717, 1.165) is 0 Å². The molecule has 2 aromatic carbocycles. The second-order valence-corrected chi connectivity index (χ2v) is 20.6. The van der Waals surface area contributed by atoms with Crippen LogP contribution in [0.15, 0.2) is 67.1 Å². The quantitative estimate of drug-likeness (QED) is 0.0255. The van der Waals surface area contributed by atoms with Gasteiger partial charge in [-0.05, 0) is 86.8 Å². The van der Waals surface area contributed by atoms with Gasteiger partial charge in [0.25, 0.3) is 0 Å². The Morgan fingerprint density at radius 1 is 0.573 bits per heavy atom. The van der Waals surface area contributed by atoms with Crippen molar-refractivity contribution in [1.29, 1.82) is 0 Å². The number of nitrogens with one attached hydrogen (secondary N) is 10. The number of carboxylic acid groups (broad SMARTS) is 2. The molecule has 0 fully saturated rings. The van der Waals surface area contributed by atoms with Gasteiger partial charge in [0.2, 0.25) is 53.2 Å². The zero-order chi connectivity index (χ0) is 60.9. The molecule has 3 aromatic rings. The Kier molecular flexibility index (Phi) is 29.5. The average molecular weight is 1170 g/mol. The minimum atomic E-state index is -1.80. The summed E-state index contributed by atoms with van der Waals surface area (Å²) in [5.41, 5.74) is 12.4. The summed E-state index contributed by atoms with van der Waals surface area (Å²) in [4.78, 5) is 154. The van der Waals surface area contributed by atoms with Crippen molar-refractivity contribution in [2.24, 2.45) is 17.4 Å². The summed E-state index contributed by atoms with van der Waals surface area (Å²) in [5.74, 6) is -11.1. The van der Waals surface area contributed by atoms with Crippen molar-refractivity contribution in [3.63, 3.8) is 0 Å². The van der Waals surface area contributed by atoms with Gasteiger partial charge in [-0.1, -0.05) is 56.3 Å². The lowest BCUT2D eigenvalue weighted by molar-refractivity contribution is -0.143. The Hall–Kier alpha value is -8.15. The van der Waals surface area contributed by atoms with Crippen LogP contribution in [0.25, 0.3) is 0 Å². The lowest BCUT2D eigenvalue weighted by Gasteiger charge is -2.27. The van der Waals surface area contributed by atoms with Gasteiger partial charge in [-0.3, -0.25) is 47.9 Å². The zero-order valence-corrected chi connectivity index (χ0v) is 46.9. The summed E-state index contributed by atoms with van der Waals surface area (Å²) in [5, 5.41) is 62.2. The summed E-state index contributed by atoms with van der Waals surface area (Å²) < 4.78 is 0. The normalized spacial score (nSPS) is 14.3. The van der Waals surface area contributed by atoms with Crippen molar-refractivity contribution in [2.75, 3.05) is 31.7 Å². The zero-order valence-electron chi connectivity index (χ0n) is 46.1. The molecule has 0 saturated carbocycles. The first-order valence-electron chi connectivity index (χ1n) is 26.4. The minimum Gasteiger partial charge on any atom is -0.508 e. The number of aliphatic hydroxyl groups is 1. The molecule has 0 aliphatic carbocycles. The van der Waals surface area contributed by atoms with E-state index < -0.39 is 139 Å². The van der Waals surface area contributed by atoms with Crippen LogP contribution in [0.3, 0.4) is 0 Å². The number of thioether (sulfide) groups is 1. The van der Waals surface area contributed by atoms with E-state index in [1.165, 1.54) is 55.5 Å². The molecule has 82 heavy (non-hydrogen) atoms. The highest BCUT2D eigenvalue weighted by molar-refractivity contribution is 7.98. The molecule has 0 aliphatic heterocycles. The number of amides is 9. The number of carbonyl (C=O) groups excluding carboxylic acids is 9. The number of imidazole rings is 1. The number of carboxylic acids is 2. The monoisotopic (exact) mass is 1170 g/mol. The summed E-state index contributed by atoms with van der Waals surface area (Å²) >= 11 is 1.28. The number of aromatic hydroxyl groups is 1. The molecule has 9 amide bonds. The number of phenolic OH excluding ortho intramolecular Hbond substituents is 1. The molecule has 1 aromatic heterocycles. The number of aromatic nitrogens is 2. The Balaban J connectivity index is 1.88. The molecule has 0 aliphatic rings. The molecule has 1 heterocycles. The van der Waals surface area contributed by atoms with Crippen LogP contribution in [-0.4, -0.2) is 182 Å². The first-order chi connectivity index (χ1) is 39.0. The maximum Gasteiger partial charge on any atom is 0.326 e. The number of rotatable bonds is 37. The van der Waals surface area contributed by atoms with Crippen molar-refractivity contribution >= 4 is 76.9 Å². The molecule has 9 atom stereocenters. The fraction of sp³-hybridized carbons (Fsp3) is 0.509. The number of nitrogens with two attached hydrogens (primary N) is 2. The number of hydrogen-bond acceptors (Lipinski definition) is 17. The Labute approximate surface area is 478 Å². The fourth-order valence-electron chi connectivity index (χ4n) is 8.06. The largest absolute Gasteiger partial charge is 0.508 e. The number of unbranched alkanes of at least 4 members (excludes halogenated alkanes) is 1. The summed E-state index contributed by atoms with van der Waals surface area (Å²) in [6.07, 6.45) is 3.66. The van der Waals surface area contributed by atoms with E-state index in [4.69, 9.17) is 11.5 Å². The highest BCUT2D eigenvalue weighted by atomic mass is 32.2. The van der Waals surface area contributed by atoms with E-state index in [1.807, 2.05) is 13.8 Å². The maximum atomic E-state index is 14.5. The van der Waals surface area contributed by atoms with Crippen molar-refractivity contribution in [3.8, 4) is 5.75 Å². The Morgan fingerprint density at radius 3 is 1.61 bits per heavy atom. The number of benzene rings is 2. The van der Waals surface area contributed by atoms with Crippen LogP contribution in [0, 0.1) is 5.92 Å². The van der Waals surface area contributed by atoms with Crippen LogP contribution >= 0.6 is 11.8 Å². The van der Waals surface area contributed by atoms with Crippen LogP contribution in [0.2, 0.25) is 0 Å². The van der Waals surface area contributed by atoms with Crippen LogP contribution in [0.1, 0.15) is 76.1 Å². The summed E-state index contributed by atoms with van der Waals surface area (Å²) in [6.45, 7) is 3.81. The third kappa shape index (κ3) is 24.3. The molecule has 0 radical (unpaired) electrons. The lowest BCUT2D eigenvalue weighted by Crippen LogP contribution is -2.61. The summed E-state index contributed by atoms with van der Waals surface area (Å²) in [6, 6.07) is 0.674. The van der Waals surface area contributed by atoms with Gasteiger partial charge in [0.05, 0.1) is 25.9 Å². The molecule has 18 N–H and O–H groups in total. The van der Waals surface area contributed by atoms with Gasteiger partial charge in [0.1, 0.15) is 60.1 Å². The van der Waals surface area contributed by atoms with Gasteiger partial charge in [-0.25, -0.2) is 9.78 Å².